The van der Waals surface area contributed by atoms with Crippen LogP contribution in [0.15, 0.2) is 96.6 Å². The normalized spacial score (nSPS) is 15.4. The van der Waals surface area contributed by atoms with Crippen LogP contribution in [0.4, 0.5) is 5.69 Å². The first kappa shape index (κ1) is 16.1. The SMILES string of the molecule is Cc1ccc(C2=C/C(=C\c3ccccc3)C(=O)N2c2ccccc2)cc1. The van der Waals surface area contributed by atoms with Crippen LogP contribution in [0.2, 0.25) is 0 Å². The van der Waals surface area contributed by atoms with Crippen molar-refractivity contribution in [3.63, 3.8) is 0 Å². The van der Waals surface area contributed by atoms with Crippen LogP contribution in [0.25, 0.3) is 11.8 Å². The van der Waals surface area contributed by atoms with E-state index in [4.69, 9.17) is 0 Å². The Bertz CT molecular complexity index is 983. The smallest absolute Gasteiger partial charge is 0.262 e. The summed E-state index contributed by atoms with van der Waals surface area (Å²) in [6, 6.07) is 28.0. The second kappa shape index (κ2) is 6.85. The zero-order valence-electron chi connectivity index (χ0n) is 14.6. The van der Waals surface area contributed by atoms with Gasteiger partial charge in [0.25, 0.3) is 5.91 Å². The summed E-state index contributed by atoms with van der Waals surface area (Å²) in [4.78, 5) is 15.0. The molecule has 0 unspecified atom stereocenters. The number of amides is 1. The van der Waals surface area contributed by atoms with Gasteiger partial charge in [-0.3, -0.25) is 9.69 Å². The highest BCUT2D eigenvalue weighted by molar-refractivity contribution is 6.23. The van der Waals surface area contributed by atoms with E-state index in [2.05, 4.69) is 31.2 Å². The Balaban J connectivity index is 1.82. The van der Waals surface area contributed by atoms with Crippen molar-refractivity contribution in [1.82, 2.24) is 0 Å². The molecule has 0 spiro atoms. The van der Waals surface area contributed by atoms with Crippen LogP contribution >= 0.6 is 0 Å². The number of aryl methyl sites for hydroxylation is 1. The highest BCUT2D eigenvalue weighted by atomic mass is 16.2. The average Bonchev–Trinajstić information content (AvgIpc) is 3.00. The zero-order valence-corrected chi connectivity index (χ0v) is 14.6. The van der Waals surface area contributed by atoms with Crippen molar-refractivity contribution in [2.75, 3.05) is 4.90 Å². The lowest BCUT2D eigenvalue weighted by atomic mass is 10.1. The molecule has 2 nitrogen and oxygen atoms in total. The van der Waals surface area contributed by atoms with Gasteiger partial charge in [0.1, 0.15) is 0 Å². The van der Waals surface area contributed by atoms with Gasteiger partial charge in [0.15, 0.2) is 0 Å². The molecule has 26 heavy (non-hydrogen) atoms. The standard InChI is InChI=1S/C24H19NO/c1-18-12-14-20(15-13-18)23-17-21(16-19-8-4-2-5-9-19)24(26)25(23)22-10-6-3-7-11-22/h2-17H,1H3/b21-16+. The molecule has 126 valence electrons. The molecule has 0 bridgehead atoms. The number of benzene rings is 3. The Morgan fingerprint density at radius 1 is 0.769 bits per heavy atom. The van der Waals surface area contributed by atoms with Crippen LogP contribution in [0.1, 0.15) is 16.7 Å². The zero-order chi connectivity index (χ0) is 17.9. The Morgan fingerprint density at radius 2 is 1.38 bits per heavy atom. The van der Waals surface area contributed by atoms with E-state index in [1.54, 1.807) is 4.90 Å². The number of para-hydroxylation sites is 1. The van der Waals surface area contributed by atoms with Crippen molar-refractivity contribution in [2.24, 2.45) is 0 Å². The van der Waals surface area contributed by atoms with Gasteiger partial charge in [-0.05, 0) is 42.3 Å². The van der Waals surface area contributed by atoms with E-state index in [0.29, 0.717) is 5.57 Å². The predicted octanol–water partition coefficient (Wildman–Crippen LogP) is 5.47. The minimum Gasteiger partial charge on any atom is -0.276 e. The molecule has 0 saturated heterocycles. The lowest BCUT2D eigenvalue weighted by molar-refractivity contribution is -0.113. The second-order valence-corrected chi connectivity index (χ2v) is 6.38. The van der Waals surface area contributed by atoms with Gasteiger partial charge in [0, 0.05) is 11.3 Å². The van der Waals surface area contributed by atoms with Crippen LogP contribution in [0.5, 0.6) is 0 Å². The molecule has 2 heteroatoms. The molecular weight excluding hydrogens is 318 g/mol. The Morgan fingerprint density at radius 3 is 2.04 bits per heavy atom. The summed E-state index contributed by atoms with van der Waals surface area (Å²) >= 11 is 0. The Labute approximate surface area is 153 Å². The Hall–Kier alpha value is -3.39. The predicted molar refractivity (Wildman–Crippen MR) is 108 cm³/mol. The summed E-state index contributed by atoms with van der Waals surface area (Å²) in [5, 5.41) is 0. The number of carbonyl (C=O) groups excluding carboxylic acids is 1. The first-order chi connectivity index (χ1) is 12.7. The van der Waals surface area contributed by atoms with Crippen molar-refractivity contribution in [2.45, 2.75) is 6.92 Å². The summed E-state index contributed by atoms with van der Waals surface area (Å²) in [6.45, 7) is 2.06. The topological polar surface area (TPSA) is 20.3 Å². The Kier molecular flexibility index (Phi) is 4.24. The van der Waals surface area contributed by atoms with Gasteiger partial charge in [-0.1, -0.05) is 78.4 Å². The number of hydrogen-bond donors (Lipinski definition) is 0. The largest absolute Gasteiger partial charge is 0.276 e. The number of anilines is 1. The molecule has 0 atom stereocenters. The number of carbonyl (C=O) groups is 1. The van der Waals surface area contributed by atoms with E-state index in [1.807, 2.05) is 72.8 Å². The molecule has 1 aliphatic rings. The van der Waals surface area contributed by atoms with Crippen LogP contribution in [0.3, 0.4) is 0 Å². The van der Waals surface area contributed by atoms with E-state index >= 15 is 0 Å². The highest BCUT2D eigenvalue weighted by Crippen LogP contribution is 2.35. The monoisotopic (exact) mass is 337 g/mol. The molecule has 0 radical (unpaired) electrons. The third-order valence-corrected chi connectivity index (χ3v) is 4.47. The molecule has 0 saturated carbocycles. The van der Waals surface area contributed by atoms with E-state index in [1.165, 1.54) is 5.56 Å². The fraction of sp³-hybridized carbons (Fsp3) is 0.0417. The van der Waals surface area contributed by atoms with Crippen LogP contribution in [-0.2, 0) is 4.79 Å². The van der Waals surface area contributed by atoms with E-state index in [0.717, 1.165) is 22.5 Å². The van der Waals surface area contributed by atoms with Gasteiger partial charge in [-0.25, -0.2) is 0 Å². The third kappa shape index (κ3) is 3.09. The molecule has 3 aromatic carbocycles. The average molecular weight is 337 g/mol. The van der Waals surface area contributed by atoms with E-state index < -0.39 is 0 Å². The van der Waals surface area contributed by atoms with Gasteiger partial charge >= 0.3 is 0 Å². The molecule has 0 N–H and O–H groups in total. The van der Waals surface area contributed by atoms with Crippen molar-refractivity contribution in [3.05, 3.63) is 113 Å². The van der Waals surface area contributed by atoms with Crippen LogP contribution < -0.4 is 4.90 Å². The maximum atomic E-state index is 13.2. The number of rotatable bonds is 3. The van der Waals surface area contributed by atoms with Crippen molar-refractivity contribution >= 4 is 23.4 Å². The lowest BCUT2D eigenvalue weighted by Gasteiger charge is -2.20. The van der Waals surface area contributed by atoms with Gasteiger partial charge in [0.05, 0.1) is 5.70 Å². The molecule has 1 heterocycles. The minimum absolute atomic E-state index is 0.00405. The van der Waals surface area contributed by atoms with Crippen LogP contribution in [-0.4, -0.2) is 5.91 Å². The maximum absolute atomic E-state index is 13.2. The van der Waals surface area contributed by atoms with Crippen molar-refractivity contribution < 1.29 is 4.79 Å². The molecule has 1 amide bonds. The van der Waals surface area contributed by atoms with Crippen molar-refractivity contribution in [3.8, 4) is 0 Å². The van der Waals surface area contributed by atoms with E-state index in [9.17, 15) is 4.79 Å². The first-order valence-electron chi connectivity index (χ1n) is 8.67. The fourth-order valence-corrected chi connectivity index (χ4v) is 3.11. The molecule has 0 fully saturated rings. The second-order valence-electron chi connectivity index (χ2n) is 6.38. The lowest BCUT2D eigenvalue weighted by Crippen LogP contribution is -2.24. The maximum Gasteiger partial charge on any atom is 0.262 e. The summed E-state index contributed by atoms with van der Waals surface area (Å²) in [7, 11) is 0. The van der Waals surface area contributed by atoms with Crippen molar-refractivity contribution in [1.29, 1.82) is 0 Å². The number of hydrogen-bond acceptors (Lipinski definition) is 1. The van der Waals surface area contributed by atoms with Gasteiger partial charge in [-0.2, -0.15) is 0 Å². The molecule has 0 aliphatic carbocycles. The van der Waals surface area contributed by atoms with Gasteiger partial charge in [0.2, 0.25) is 0 Å². The molecule has 4 rings (SSSR count). The first-order valence-corrected chi connectivity index (χ1v) is 8.67. The quantitative estimate of drug-likeness (QED) is 0.581. The molecular formula is C24H19NO. The van der Waals surface area contributed by atoms with E-state index in [-0.39, 0.29) is 5.91 Å². The van der Waals surface area contributed by atoms with Gasteiger partial charge in [-0.15, -0.1) is 0 Å². The minimum atomic E-state index is -0.00405. The van der Waals surface area contributed by atoms with Crippen LogP contribution in [0, 0.1) is 6.92 Å². The molecule has 0 aromatic heterocycles. The number of nitrogens with zero attached hydrogens (tertiary/aromatic N) is 1. The molecule has 1 aliphatic heterocycles. The summed E-state index contributed by atoms with van der Waals surface area (Å²) in [6.07, 6.45) is 3.92. The molecule has 3 aromatic rings. The van der Waals surface area contributed by atoms with Gasteiger partial charge < -0.3 is 0 Å². The summed E-state index contributed by atoms with van der Waals surface area (Å²) < 4.78 is 0. The summed E-state index contributed by atoms with van der Waals surface area (Å²) in [5.74, 6) is -0.00405. The third-order valence-electron chi connectivity index (χ3n) is 4.47. The summed E-state index contributed by atoms with van der Waals surface area (Å²) in [5.41, 5.74) is 5.72. The fourth-order valence-electron chi connectivity index (χ4n) is 3.11. The highest BCUT2D eigenvalue weighted by Gasteiger charge is 2.30.